The molecule has 1 aromatic carbocycles. The molecule has 0 fully saturated rings. The molecule has 6 heteroatoms. The molecule has 106 valence electrons. The van der Waals surface area contributed by atoms with Crippen molar-refractivity contribution in [1.82, 2.24) is 9.97 Å². The molecule has 4 nitrogen and oxygen atoms in total. The highest BCUT2D eigenvalue weighted by atomic mass is 127. The van der Waals surface area contributed by atoms with E-state index in [0.717, 1.165) is 26.2 Å². The van der Waals surface area contributed by atoms with Gasteiger partial charge in [0.2, 0.25) is 0 Å². The molecule has 0 atom stereocenters. The minimum absolute atomic E-state index is 0.261. The van der Waals surface area contributed by atoms with Crippen molar-refractivity contribution in [3.8, 4) is 11.4 Å². The number of anilines is 1. The highest BCUT2D eigenvalue weighted by Crippen LogP contribution is 2.26. The monoisotopic (exact) mass is 387 g/mol. The summed E-state index contributed by atoms with van der Waals surface area (Å²) in [6, 6.07) is 4.59. The summed E-state index contributed by atoms with van der Waals surface area (Å²) in [5.41, 5.74) is 2.43. The van der Waals surface area contributed by atoms with E-state index in [1.165, 1.54) is 12.1 Å². The van der Waals surface area contributed by atoms with Crippen LogP contribution in [-0.2, 0) is 11.3 Å². The third-order valence-electron chi connectivity index (χ3n) is 2.87. The lowest BCUT2D eigenvalue weighted by Crippen LogP contribution is -2.06. The van der Waals surface area contributed by atoms with Crippen molar-refractivity contribution in [1.29, 1.82) is 0 Å². The lowest BCUT2D eigenvalue weighted by Gasteiger charge is -2.12. The second-order valence-corrected chi connectivity index (χ2v) is 5.38. The normalized spacial score (nSPS) is 10.7. The van der Waals surface area contributed by atoms with Gasteiger partial charge in [-0.15, -0.1) is 0 Å². The SMILES string of the molecule is CNc1nc(-c2ccc(F)cc2C)nc(COC)c1I. The summed E-state index contributed by atoms with van der Waals surface area (Å²) < 4.78 is 19.3. The Morgan fingerprint density at radius 1 is 1.35 bits per heavy atom. The maximum atomic E-state index is 13.2. The zero-order valence-corrected chi connectivity index (χ0v) is 13.7. The molecule has 0 aliphatic carbocycles. The van der Waals surface area contributed by atoms with E-state index in [0.29, 0.717) is 12.4 Å². The van der Waals surface area contributed by atoms with Crippen LogP contribution in [0, 0.1) is 16.3 Å². The maximum Gasteiger partial charge on any atom is 0.162 e. The van der Waals surface area contributed by atoms with E-state index in [1.54, 1.807) is 13.2 Å². The fourth-order valence-corrected chi connectivity index (χ4v) is 2.56. The summed E-state index contributed by atoms with van der Waals surface area (Å²) in [5, 5.41) is 3.05. The molecular formula is C14H15FIN3O. The summed E-state index contributed by atoms with van der Waals surface area (Å²) in [6.45, 7) is 2.25. The number of methoxy groups -OCH3 is 1. The van der Waals surface area contributed by atoms with E-state index in [9.17, 15) is 4.39 Å². The van der Waals surface area contributed by atoms with Gasteiger partial charge in [-0.25, -0.2) is 14.4 Å². The topological polar surface area (TPSA) is 47.0 Å². The van der Waals surface area contributed by atoms with E-state index in [-0.39, 0.29) is 5.82 Å². The summed E-state index contributed by atoms with van der Waals surface area (Å²) in [4.78, 5) is 9.01. The Morgan fingerprint density at radius 2 is 2.10 bits per heavy atom. The van der Waals surface area contributed by atoms with E-state index in [2.05, 4.69) is 37.9 Å². The van der Waals surface area contributed by atoms with Crippen LogP contribution in [0.25, 0.3) is 11.4 Å². The molecule has 0 radical (unpaired) electrons. The number of nitrogens with one attached hydrogen (secondary N) is 1. The summed E-state index contributed by atoms with van der Waals surface area (Å²) in [5.74, 6) is 1.05. The van der Waals surface area contributed by atoms with Crippen molar-refractivity contribution in [2.45, 2.75) is 13.5 Å². The molecule has 0 aliphatic rings. The highest BCUT2D eigenvalue weighted by Gasteiger charge is 2.14. The lowest BCUT2D eigenvalue weighted by molar-refractivity contribution is 0.181. The number of nitrogens with zero attached hydrogens (tertiary/aromatic N) is 2. The van der Waals surface area contributed by atoms with Gasteiger partial charge in [-0.2, -0.15) is 0 Å². The average molecular weight is 387 g/mol. The standard InChI is InChI=1S/C14H15FIN3O/c1-8-6-9(15)4-5-10(8)13-18-11(7-20-3)12(16)14(17-2)19-13/h4-6H,7H2,1-3H3,(H,17,18,19). The van der Waals surface area contributed by atoms with Crippen LogP contribution in [0.4, 0.5) is 10.2 Å². The first-order valence-electron chi connectivity index (χ1n) is 6.06. The average Bonchev–Trinajstić information content (AvgIpc) is 2.41. The Balaban J connectivity index is 2.58. The van der Waals surface area contributed by atoms with Gasteiger partial charge in [0, 0.05) is 19.7 Å². The van der Waals surface area contributed by atoms with Crippen LogP contribution in [0.2, 0.25) is 0 Å². The summed E-state index contributed by atoms with van der Waals surface area (Å²) in [6.07, 6.45) is 0. The molecular weight excluding hydrogens is 372 g/mol. The molecule has 0 saturated heterocycles. The quantitative estimate of drug-likeness (QED) is 0.818. The van der Waals surface area contributed by atoms with Crippen molar-refractivity contribution in [3.05, 3.63) is 38.8 Å². The van der Waals surface area contributed by atoms with Crippen molar-refractivity contribution in [2.75, 3.05) is 19.5 Å². The Bertz CT molecular complexity index is 634. The number of aryl methyl sites for hydroxylation is 1. The first kappa shape index (κ1) is 15.1. The summed E-state index contributed by atoms with van der Waals surface area (Å²) >= 11 is 2.19. The number of hydrogen-bond acceptors (Lipinski definition) is 4. The molecule has 0 spiro atoms. The lowest BCUT2D eigenvalue weighted by atomic mass is 10.1. The zero-order chi connectivity index (χ0) is 14.7. The first-order valence-corrected chi connectivity index (χ1v) is 7.14. The minimum atomic E-state index is -0.261. The van der Waals surface area contributed by atoms with Crippen LogP contribution in [0.1, 0.15) is 11.3 Å². The Morgan fingerprint density at radius 3 is 2.70 bits per heavy atom. The molecule has 0 aliphatic heterocycles. The van der Waals surface area contributed by atoms with Gasteiger partial charge in [0.1, 0.15) is 11.6 Å². The summed E-state index contributed by atoms with van der Waals surface area (Å²) in [7, 11) is 3.43. The van der Waals surface area contributed by atoms with Gasteiger partial charge in [-0.05, 0) is 53.3 Å². The van der Waals surface area contributed by atoms with Gasteiger partial charge in [-0.3, -0.25) is 0 Å². The van der Waals surface area contributed by atoms with Crippen LogP contribution >= 0.6 is 22.6 Å². The van der Waals surface area contributed by atoms with Crippen LogP contribution in [-0.4, -0.2) is 24.1 Å². The number of benzene rings is 1. The largest absolute Gasteiger partial charge is 0.378 e. The Hall–Kier alpha value is -1.28. The maximum absolute atomic E-state index is 13.2. The molecule has 1 N–H and O–H groups in total. The Kier molecular flexibility index (Phi) is 4.87. The van der Waals surface area contributed by atoms with Crippen LogP contribution in [0.15, 0.2) is 18.2 Å². The van der Waals surface area contributed by atoms with Gasteiger partial charge in [0.15, 0.2) is 5.82 Å². The molecule has 1 heterocycles. The molecule has 2 aromatic rings. The number of halogens is 2. The van der Waals surface area contributed by atoms with Gasteiger partial charge in [0.25, 0.3) is 0 Å². The number of rotatable bonds is 4. The number of hydrogen-bond donors (Lipinski definition) is 1. The minimum Gasteiger partial charge on any atom is -0.378 e. The smallest absolute Gasteiger partial charge is 0.162 e. The van der Waals surface area contributed by atoms with Crippen molar-refractivity contribution < 1.29 is 9.13 Å². The predicted molar refractivity (Wildman–Crippen MR) is 85.1 cm³/mol. The molecule has 20 heavy (non-hydrogen) atoms. The third-order valence-corrected chi connectivity index (χ3v) is 4.00. The molecule has 0 bridgehead atoms. The fraction of sp³-hybridized carbons (Fsp3) is 0.286. The van der Waals surface area contributed by atoms with Crippen LogP contribution < -0.4 is 5.32 Å². The Labute approximate surface area is 130 Å². The van der Waals surface area contributed by atoms with Crippen molar-refractivity contribution >= 4 is 28.4 Å². The van der Waals surface area contributed by atoms with Gasteiger partial charge < -0.3 is 10.1 Å². The van der Waals surface area contributed by atoms with Gasteiger partial charge in [-0.1, -0.05) is 0 Å². The van der Waals surface area contributed by atoms with Crippen LogP contribution in [0.5, 0.6) is 0 Å². The highest BCUT2D eigenvalue weighted by molar-refractivity contribution is 14.1. The zero-order valence-electron chi connectivity index (χ0n) is 11.5. The number of aromatic nitrogens is 2. The second-order valence-electron chi connectivity index (χ2n) is 4.30. The first-order chi connectivity index (χ1) is 9.56. The van der Waals surface area contributed by atoms with Gasteiger partial charge in [0.05, 0.1) is 15.9 Å². The van der Waals surface area contributed by atoms with Crippen molar-refractivity contribution in [2.24, 2.45) is 0 Å². The van der Waals surface area contributed by atoms with Crippen molar-refractivity contribution in [3.63, 3.8) is 0 Å². The van der Waals surface area contributed by atoms with E-state index in [4.69, 9.17) is 4.74 Å². The molecule has 0 amide bonds. The van der Waals surface area contributed by atoms with E-state index < -0.39 is 0 Å². The van der Waals surface area contributed by atoms with E-state index >= 15 is 0 Å². The fourth-order valence-electron chi connectivity index (χ4n) is 1.89. The predicted octanol–water partition coefficient (Wildman–Crippen LogP) is 3.38. The van der Waals surface area contributed by atoms with E-state index in [1.807, 2.05) is 14.0 Å². The molecule has 2 rings (SSSR count). The molecule has 0 saturated carbocycles. The van der Waals surface area contributed by atoms with Gasteiger partial charge >= 0.3 is 0 Å². The molecule has 1 aromatic heterocycles. The third kappa shape index (κ3) is 3.06. The number of ether oxygens (including phenoxy) is 1. The molecule has 0 unspecified atom stereocenters. The van der Waals surface area contributed by atoms with Crippen LogP contribution in [0.3, 0.4) is 0 Å². The second kappa shape index (κ2) is 6.45.